The Bertz CT molecular complexity index is 1340. The van der Waals surface area contributed by atoms with E-state index in [4.69, 9.17) is 37.9 Å². The van der Waals surface area contributed by atoms with Crippen LogP contribution < -0.4 is 0 Å². The zero-order valence-corrected chi connectivity index (χ0v) is 34.5. The van der Waals surface area contributed by atoms with E-state index in [0.717, 1.165) is 0 Å². The summed E-state index contributed by atoms with van der Waals surface area (Å²) in [7, 11) is 4.85. The van der Waals surface area contributed by atoms with Crippen molar-refractivity contribution in [3.05, 3.63) is 24.3 Å². The Kier molecular flexibility index (Phi) is 18.5. The number of aliphatic hydroxyl groups excluding tert-OH is 2. The van der Waals surface area contributed by atoms with Crippen molar-refractivity contribution in [1.82, 2.24) is 4.90 Å². The Balaban J connectivity index is 2.00. The standard InChI is InChI=1S/C40H65NO15/c1-11-30(45)54-38-25(5)51-32(21-40(38,7)48)55-35-24(4)52-39(34(47)33(35)41(8)9)56-36-27(17-18-42)19-22(2)28(44)16-14-12-13-15-23(3)50-31(46)20-29(37(36)49-10)53-26(6)43/h12-14,16,18,22-25,27-29,32-39,44,47-48H,11,15,17,19-21H2,1-10H3/b13-12+,16-14+/t22-,23-,24-,25+,27?,28+,29?,32+,33-,34-,35-,36+,37+,38+,39+,40-/m1/s1. The molecule has 3 aliphatic heterocycles. The molecular weight excluding hydrogens is 734 g/mol. The van der Waals surface area contributed by atoms with Crippen LogP contribution in [0.4, 0.5) is 0 Å². The second kappa shape index (κ2) is 21.8. The second-order valence-electron chi connectivity index (χ2n) is 15.7. The number of carbonyl (C=O) groups excluding carboxylic acids is 4. The molecule has 3 heterocycles. The largest absolute Gasteiger partial charge is 0.462 e. The predicted octanol–water partition coefficient (Wildman–Crippen LogP) is 2.38. The average molecular weight is 800 g/mol. The van der Waals surface area contributed by atoms with Crippen LogP contribution in [0, 0.1) is 11.8 Å². The van der Waals surface area contributed by atoms with Crippen LogP contribution in [-0.4, -0.2) is 151 Å². The third kappa shape index (κ3) is 13.1. The lowest BCUT2D eigenvalue weighted by Gasteiger charge is -2.50. The molecule has 2 unspecified atom stereocenters. The lowest BCUT2D eigenvalue weighted by molar-refractivity contribution is -0.344. The summed E-state index contributed by atoms with van der Waals surface area (Å²) in [5.41, 5.74) is -1.49. The first-order valence-electron chi connectivity index (χ1n) is 19.6. The van der Waals surface area contributed by atoms with Crippen molar-refractivity contribution in [3.63, 3.8) is 0 Å². The van der Waals surface area contributed by atoms with E-state index in [9.17, 15) is 34.5 Å². The number of methoxy groups -OCH3 is 1. The smallest absolute Gasteiger partial charge is 0.309 e. The van der Waals surface area contributed by atoms with Crippen molar-refractivity contribution in [1.29, 1.82) is 0 Å². The molecule has 0 radical (unpaired) electrons. The SMILES string of the molecule is CCC(=O)O[C@H]1[C@H](C)O[C@@H](O[C@H]2[C@H](N(C)C)[C@@H](O)[C@H](O[C@H]3C(CC=O)C[C@@H](C)[C@@H](O)/C=C/C=C/C[C@@H](C)OC(=O)CC(OC(C)=O)[C@@H]3OC)O[C@@H]2C)C[C@@]1(C)O. The summed E-state index contributed by atoms with van der Waals surface area (Å²) in [6.07, 6.45) is -4.12. The number of aldehydes is 1. The molecule has 56 heavy (non-hydrogen) atoms. The second-order valence-corrected chi connectivity index (χ2v) is 15.7. The van der Waals surface area contributed by atoms with Crippen LogP contribution in [0.3, 0.4) is 0 Å². The van der Waals surface area contributed by atoms with Crippen molar-refractivity contribution >= 4 is 24.2 Å². The van der Waals surface area contributed by atoms with E-state index in [1.54, 1.807) is 77.9 Å². The summed E-state index contributed by atoms with van der Waals surface area (Å²) in [6, 6.07) is -0.778. The molecule has 0 bridgehead atoms. The van der Waals surface area contributed by atoms with Crippen molar-refractivity contribution < 1.29 is 72.4 Å². The number of cyclic esters (lactones) is 1. The molecule has 0 amide bonds. The van der Waals surface area contributed by atoms with Gasteiger partial charge in [0.15, 0.2) is 18.7 Å². The summed E-state index contributed by atoms with van der Waals surface area (Å²) in [6.45, 7) is 11.3. The summed E-state index contributed by atoms with van der Waals surface area (Å²) in [5.74, 6) is -2.92. The molecule has 2 saturated heterocycles. The van der Waals surface area contributed by atoms with Crippen LogP contribution in [-0.2, 0) is 57.1 Å². The van der Waals surface area contributed by atoms with E-state index in [1.807, 2.05) is 6.92 Å². The van der Waals surface area contributed by atoms with Gasteiger partial charge in [0.2, 0.25) is 0 Å². The van der Waals surface area contributed by atoms with Crippen molar-refractivity contribution in [2.45, 2.75) is 172 Å². The van der Waals surface area contributed by atoms with Crippen molar-refractivity contribution in [3.8, 4) is 0 Å². The fourth-order valence-electron chi connectivity index (χ4n) is 7.78. The zero-order valence-electron chi connectivity index (χ0n) is 34.5. The molecule has 2 fully saturated rings. The van der Waals surface area contributed by atoms with Gasteiger partial charge in [-0.25, -0.2) is 0 Å². The number of nitrogens with zero attached hydrogens (tertiary/aromatic N) is 1. The van der Waals surface area contributed by atoms with Gasteiger partial charge in [-0.15, -0.1) is 0 Å². The van der Waals surface area contributed by atoms with Gasteiger partial charge in [0.1, 0.15) is 42.4 Å². The zero-order chi connectivity index (χ0) is 41.9. The number of carbonyl (C=O) groups is 4. The highest BCUT2D eigenvalue weighted by Crippen LogP contribution is 2.37. The first kappa shape index (κ1) is 47.6. The normalized spacial score (nSPS) is 41.6. The van der Waals surface area contributed by atoms with Gasteiger partial charge in [-0.2, -0.15) is 0 Å². The molecule has 0 aromatic carbocycles. The van der Waals surface area contributed by atoms with E-state index >= 15 is 0 Å². The van der Waals surface area contributed by atoms with Crippen molar-refractivity contribution in [2.24, 2.45) is 11.8 Å². The molecule has 16 nitrogen and oxygen atoms in total. The maximum absolute atomic E-state index is 13.2. The Hall–Kier alpha value is -2.80. The van der Waals surface area contributed by atoms with Crippen molar-refractivity contribution in [2.75, 3.05) is 21.2 Å². The Labute approximate surface area is 330 Å². The molecule has 0 spiro atoms. The molecule has 320 valence electrons. The Morgan fingerprint density at radius 1 is 1.02 bits per heavy atom. The van der Waals surface area contributed by atoms with Gasteiger partial charge >= 0.3 is 17.9 Å². The van der Waals surface area contributed by atoms with Gasteiger partial charge in [-0.3, -0.25) is 14.4 Å². The Morgan fingerprint density at radius 2 is 1.71 bits per heavy atom. The molecule has 0 aromatic heterocycles. The number of aliphatic hydroxyl groups is 3. The molecule has 3 rings (SSSR count). The number of hydrogen-bond donors (Lipinski definition) is 3. The number of rotatable bonds is 11. The molecule has 0 aliphatic carbocycles. The van der Waals surface area contributed by atoms with Crippen LogP contribution in [0.1, 0.15) is 87.0 Å². The lowest BCUT2D eigenvalue weighted by atomic mass is 9.82. The average Bonchev–Trinajstić information content (AvgIpc) is 3.09. The molecule has 16 atom stereocenters. The summed E-state index contributed by atoms with van der Waals surface area (Å²) >= 11 is 0. The minimum Gasteiger partial charge on any atom is -0.462 e. The quantitative estimate of drug-likeness (QED) is 0.156. The molecule has 3 N–H and O–H groups in total. The predicted molar refractivity (Wildman–Crippen MR) is 201 cm³/mol. The maximum Gasteiger partial charge on any atom is 0.309 e. The third-order valence-corrected chi connectivity index (χ3v) is 10.6. The van der Waals surface area contributed by atoms with Gasteiger partial charge in [-0.05, 0) is 60.0 Å². The van der Waals surface area contributed by atoms with Gasteiger partial charge in [0.25, 0.3) is 0 Å². The van der Waals surface area contributed by atoms with Gasteiger partial charge in [-0.1, -0.05) is 38.2 Å². The fraction of sp³-hybridized carbons (Fsp3) is 0.800. The summed E-state index contributed by atoms with van der Waals surface area (Å²) in [5, 5.41) is 34.4. The van der Waals surface area contributed by atoms with E-state index in [2.05, 4.69) is 0 Å². The van der Waals surface area contributed by atoms with Crippen LogP contribution in [0.25, 0.3) is 0 Å². The monoisotopic (exact) mass is 799 g/mol. The highest BCUT2D eigenvalue weighted by molar-refractivity contribution is 5.72. The molecule has 16 heteroatoms. The highest BCUT2D eigenvalue weighted by atomic mass is 16.7. The molecule has 0 saturated carbocycles. The van der Waals surface area contributed by atoms with Gasteiger partial charge < -0.3 is 62.9 Å². The minimum atomic E-state index is -1.49. The van der Waals surface area contributed by atoms with Crippen LogP contribution in [0.2, 0.25) is 0 Å². The first-order valence-corrected chi connectivity index (χ1v) is 19.6. The Morgan fingerprint density at radius 3 is 2.30 bits per heavy atom. The lowest BCUT2D eigenvalue weighted by Crippen LogP contribution is -2.66. The topological polar surface area (TPSA) is 206 Å². The van der Waals surface area contributed by atoms with E-state index in [-0.39, 0.29) is 25.7 Å². The van der Waals surface area contributed by atoms with E-state index in [0.29, 0.717) is 12.7 Å². The molecule has 0 aromatic rings. The number of esters is 3. The van der Waals surface area contributed by atoms with Gasteiger partial charge in [0.05, 0.1) is 36.9 Å². The van der Waals surface area contributed by atoms with Gasteiger partial charge in [0, 0.05) is 39.7 Å². The first-order chi connectivity index (χ1) is 26.3. The number of likely N-dealkylation sites (N-methyl/N-ethyl adjacent to an activating group) is 1. The van der Waals surface area contributed by atoms with E-state index < -0.39 is 121 Å². The van der Waals surface area contributed by atoms with E-state index in [1.165, 1.54) is 14.0 Å². The summed E-state index contributed by atoms with van der Waals surface area (Å²) < 4.78 is 48.2. The molecular formula is C40H65NO15. The third-order valence-electron chi connectivity index (χ3n) is 10.6. The van der Waals surface area contributed by atoms with Crippen LogP contribution in [0.5, 0.6) is 0 Å². The number of allylic oxidation sites excluding steroid dienone is 2. The van der Waals surface area contributed by atoms with Crippen LogP contribution in [0.15, 0.2) is 24.3 Å². The maximum atomic E-state index is 13.2. The fourth-order valence-corrected chi connectivity index (χ4v) is 7.78. The molecule has 3 aliphatic rings. The minimum absolute atomic E-state index is 0.0440. The number of ether oxygens (including phenoxy) is 8. The number of hydrogen-bond acceptors (Lipinski definition) is 16. The summed E-state index contributed by atoms with van der Waals surface area (Å²) in [4.78, 5) is 51.7. The highest BCUT2D eigenvalue weighted by Gasteiger charge is 2.53. The van der Waals surface area contributed by atoms with Crippen LogP contribution >= 0.6 is 0 Å².